The van der Waals surface area contributed by atoms with E-state index >= 15 is 0 Å². The SMILES string of the molecule is C=CCNc1cccc(N(C)C)c1. The summed E-state index contributed by atoms with van der Waals surface area (Å²) in [5.41, 5.74) is 2.33. The maximum atomic E-state index is 3.66. The zero-order chi connectivity index (χ0) is 9.68. The summed E-state index contributed by atoms with van der Waals surface area (Å²) >= 11 is 0. The van der Waals surface area contributed by atoms with E-state index < -0.39 is 0 Å². The molecule has 0 aliphatic rings. The molecule has 0 spiro atoms. The zero-order valence-electron chi connectivity index (χ0n) is 8.25. The van der Waals surface area contributed by atoms with Gasteiger partial charge in [-0.25, -0.2) is 0 Å². The van der Waals surface area contributed by atoms with Crippen LogP contribution in [0.1, 0.15) is 0 Å². The van der Waals surface area contributed by atoms with E-state index in [2.05, 4.69) is 35.0 Å². The lowest BCUT2D eigenvalue weighted by Crippen LogP contribution is -2.09. The Kier molecular flexibility index (Phi) is 3.38. The van der Waals surface area contributed by atoms with Crippen molar-refractivity contribution in [3.63, 3.8) is 0 Å². The van der Waals surface area contributed by atoms with Gasteiger partial charge in [0, 0.05) is 32.0 Å². The van der Waals surface area contributed by atoms with E-state index in [0.717, 1.165) is 12.2 Å². The van der Waals surface area contributed by atoms with Gasteiger partial charge in [0.25, 0.3) is 0 Å². The molecule has 0 amide bonds. The Balaban J connectivity index is 2.73. The lowest BCUT2D eigenvalue weighted by molar-refractivity contribution is 1.13. The highest BCUT2D eigenvalue weighted by atomic mass is 15.1. The molecule has 2 heteroatoms. The van der Waals surface area contributed by atoms with Gasteiger partial charge in [-0.2, -0.15) is 0 Å². The van der Waals surface area contributed by atoms with Gasteiger partial charge < -0.3 is 10.2 Å². The standard InChI is InChI=1S/C11H16N2/c1-4-8-12-10-6-5-7-11(9-10)13(2)3/h4-7,9,12H,1,8H2,2-3H3. The van der Waals surface area contributed by atoms with Crippen molar-refractivity contribution in [2.24, 2.45) is 0 Å². The van der Waals surface area contributed by atoms with Gasteiger partial charge in [-0.15, -0.1) is 6.58 Å². The highest BCUT2D eigenvalue weighted by Crippen LogP contribution is 2.16. The molecular weight excluding hydrogens is 160 g/mol. The van der Waals surface area contributed by atoms with E-state index in [1.807, 2.05) is 26.2 Å². The summed E-state index contributed by atoms with van der Waals surface area (Å²) < 4.78 is 0. The molecule has 0 unspecified atom stereocenters. The maximum absolute atomic E-state index is 3.66. The molecule has 1 aromatic rings. The second-order valence-corrected chi connectivity index (χ2v) is 3.11. The lowest BCUT2D eigenvalue weighted by Gasteiger charge is -2.13. The van der Waals surface area contributed by atoms with Crippen LogP contribution in [0.3, 0.4) is 0 Å². The fraction of sp³-hybridized carbons (Fsp3) is 0.273. The Bertz CT molecular complexity index is 279. The topological polar surface area (TPSA) is 15.3 Å². The van der Waals surface area contributed by atoms with Gasteiger partial charge in [0.1, 0.15) is 0 Å². The van der Waals surface area contributed by atoms with Crippen molar-refractivity contribution in [2.75, 3.05) is 30.9 Å². The highest BCUT2D eigenvalue weighted by Gasteiger charge is 1.95. The summed E-state index contributed by atoms with van der Waals surface area (Å²) in [6, 6.07) is 8.29. The van der Waals surface area contributed by atoms with Gasteiger partial charge in [0.2, 0.25) is 0 Å². The molecule has 1 aromatic carbocycles. The van der Waals surface area contributed by atoms with Crippen molar-refractivity contribution in [1.82, 2.24) is 0 Å². The first-order valence-corrected chi connectivity index (χ1v) is 4.36. The smallest absolute Gasteiger partial charge is 0.0381 e. The van der Waals surface area contributed by atoms with Gasteiger partial charge in [-0.05, 0) is 18.2 Å². The highest BCUT2D eigenvalue weighted by molar-refractivity contribution is 5.57. The number of nitrogens with one attached hydrogen (secondary N) is 1. The minimum absolute atomic E-state index is 0.802. The molecule has 13 heavy (non-hydrogen) atoms. The van der Waals surface area contributed by atoms with E-state index in [-0.39, 0.29) is 0 Å². The Morgan fingerprint density at radius 2 is 2.23 bits per heavy atom. The van der Waals surface area contributed by atoms with Crippen molar-refractivity contribution in [3.8, 4) is 0 Å². The van der Waals surface area contributed by atoms with Crippen LogP contribution in [0, 0.1) is 0 Å². The van der Waals surface area contributed by atoms with Crippen molar-refractivity contribution in [2.45, 2.75) is 0 Å². The summed E-state index contributed by atoms with van der Waals surface area (Å²) in [5.74, 6) is 0. The van der Waals surface area contributed by atoms with Crippen LogP contribution in [0.5, 0.6) is 0 Å². The van der Waals surface area contributed by atoms with Crippen LogP contribution >= 0.6 is 0 Å². The average Bonchev–Trinajstić information content (AvgIpc) is 2.15. The number of nitrogens with zero attached hydrogens (tertiary/aromatic N) is 1. The third-order valence-corrected chi connectivity index (χ3v) is 1.81. The fourth-order valence-corrected chi connectivity index (χ4v) is 1.08. The maximum Gasteiger partial charge on any atom is 0.0381 e. The Hall–Kier alpha value is -1.44. The van der Waals surface area contributed by atoms with Crippen LogP contribution in [0.4, 0.5) is 11.4 Å². The number of rotatable bonds is 4. The normalized spacial score (nSPS) is 9.38. The molecule has 0 saturated carbocycles. The molecule has 2 nitrogen and oxygen atoms in total. The quantitative estimate of drug-likeness (QED) is 0.708. The second kappa shape index (κ2) is 4.55. The molecule has 0 saturated heterocycles. The predicted octanol–water partition coefficient (Wildman–Crippen LogP) is 2.35. The van der Waals surface area contributed by atoms with Gasteiger partial charge in [-0.1, -0.05) is 12.1 Å². The molecule has 70 valence electrons. The van der Waals surface area contributed by atoms with Crippen molar-refractivity contribution >= 4 is 11.4 Å². The molecule has 1 N–H and O–H groups in total. The molecule has 0 atom stereocenters. The first-order valence-electron chi connectivity index (χ1n) is 4.36. The van der Waals surface area contributed by atoms with E-state index in [9.17, 15) is 0 Å². The van der Waals surface area contributed by atoms with Crippen LogP contribution in [0.2, 0.25) is 0 Å². The first-order chi connectivity index (χ1) is 6.24. The molecular formula is C11H16N2. The average molecular weight is 176 g/mol. The zero-order valence-corrected chi connectivity index (χ0v) is 8.25. The third-order valence-electron chi connectivity index (χ3n) is 1.81. The van der Waals surface area contributed by atoms with Crippen LogP contribution in [-0.2, 0) is 0 Å². The van der Waals surface area contributed by atoms with Crippen LogP contribution in [0.25, 0.3) is 0 Å². The van der Waals surface area contributed by atoms with E-state index in [1.54, 1.807) is 0 Å². The number of hydrogen-bond acceptors (Lipinski definition) is 2. The van der Waals surface area contributed by atoms with Gasteiger partial charge in [-0.3, -0.25) is 0 Å². The lowest BCUT2D eigenvalue weighted by atomic mass is 10.2. The van der Waals surface area contributed by atoms with Crippen molar-refractivity contribution in [1.29, 1.82) is 0 Å². The number of hydrogen-bond donors (Lipinski definition) is 1. The summed E-state index contributed by atoms with van der Waals surface area (Å²) in [7, 11) is 4.07. The van der Waals surface area contributed by atoms with Gasteiger partial charge >= 0.3 is 0 Å². The summed E-state index contributed by atoms with van der Waals surface area (Å²) in [5, 5.41) is 3.24. The number of benzene rings is 1. The Morgan fingerprint density at radius 1 is 1.46 bits per heavy atom. The minimum Gasteiger partial charge on any atom is -0.382 e. The summed E-state index contributed by atoms with van der Waals surface area (Å²) in [6.45, 7) is 4.46. The van der Waals surface area contributed by atoms with E-state index in [4.69, 9.17) is 0 Å². The van der Waals surface area contributed by atoms with Crippen LogP contribution in [0.15, 0.2) is 36.9 Å². The van der Waals surface area contributed by atoms with Crippen molar-refractivity contribution in [3.05, 3.63) is 36.9 Å². The molecule has 0 aliphatic carbocycles. The Labute approximate surface area is 79.9 Å². The van der Waals surface area contributed by atoms with Crippen molar-refractivity contribution < 1.29 is 0 Å². The molecule has 0 fully saturated rings. The summed E-state index contributed by atoms with van der Waals surface area (Å²) in [4.78, 5) is 2.08. The molecule has 0 aliphatic heterocycles. The monoisotopic (exact) mass is 176 g/mol. The minimum atomic E-state index is 0.802. The van der Waals surface area contributed by atoms with E-state index in [1.165, 1.54) is 5.69 Å². The largest absolute Gasteiger partial charge is 0.382 e. The molecule has 0 radical (unpaired) electrons. The molecule has 0 heterocycles. The summed E-state index contributed by atoms with van der Waals surface area (Å²) in [6.07, 6.45) is 1.85. The number of anilines is 2. The van der Waals surface area contributed by atoms with Crippen LogP contribution in [-0.4, -0.2) is 20.6 Å². The molecule has 1 rings (SSSR count). The predicted molar refractivity (Wildman–Crippen MR) is 59.5 cm³/mol. The Morgan fingerprint density at radius 3 is 2.85 bits per heavy atom. The van der Waals surface area contributed by atoms with E-state index in [0.29, 0.717) is 0 Å². The third kappa shape index (κ3) is 2.82. The van der Waals surface area contributed by atoms with Gasteiger partial charge in [0.05, 0.1) is 0 Å². The van der Waals surface area contributed by atoms with Gasteiger partial charge in [0.15, 0.2) is 0 Å². The molecule has 0 aromatic heterocycles. The van der Waals surface area contributed by atoms with Crippen LogP contribution < -0.4 is 10.2 Å². The second-order valence-electron chi connectivity index (χ2n) is 3.11. The molecule has 0 bridgehead atoms. The fourth-order valence-electron chi connectivity index (χ4n) is 1.08. The first kappa shape index (κ1) is 9.65.